The van der Waals surface area contributed by atoms with Gasteiger partial charge in [-0.1, -0.05) is 4.48 Å². The van der Waals surface area contributed by atoms with Gasteiger partial charge < -0.3 is 0 Å². The maximum Gasteiger partial charge on any atom is 0.238 e. The molecule has 1 aromatic rings. The van der Waals surface area contributed by atoms with E-state index in [-0.39, 0.29) is 10.6 Å². The fourth-order valence-electron chi connectivity index (χ4n) is 0.815. The molecule has 0 fully saturated rings. The fraction of sp³-hybridized carbons (Fsp3) is 0. The number of nitrogens with two attached hydrogens (primary N) is 1. The number of nitrogens with one attached hydrogen (secondary N) is 1. The van der Waals surface area contributed by atoms with Crippen LogP contribution < -0.4 is 16.0 Å². The monoisotopic (exact) mass is 223 g/mol. The van der Waals surface area contributed by atoms with Crippen LogP contribution in [-0.2, 0) is 10.0 Å². The van der Waals surface area contributed by atoms with Crippen LogP contribution in [0.5, 0.6) is 0 Å². The van der Waals surface area contributed by atoms with Gasteiger partial charge in [-0.05, 0) is 29.9 Å². The predicted molar refractivity (Wildman–Crippen MR) is 45.6 cm³/mol. The van der Waals surface area contributed by atoms with E-state index in [0.717, 1.165) is 29.9 Å². The zero-order chi connectivity index (χ0) is 10.8. The Morgan fingerprint density at radius 2 is 1.79 bits per heavy atom. The molecule has 3 N–H and O–H groups in total. The molecule has 8 heteroatoms. The maximum absolute atomic E-state index is 12.5. The van der Waals surface area contributed by atoms with Crippen LogP contribution in [0, 0.1) is 0 Å². The number of sulfonamides is 1. The Balaban J connectivity index is 3.01. The summed E-state index contributed by atoms with van der Waals surface area (Å²) in [6, 6.07) is 4.25. The molecule has 14 heavy (non-hydrogen) atoms. The standard InChI is InChI=1S/C6H7F2N3O2S/c7-10-11(8)5-1-3-6(4-2-5)14(9,12)13/h1-4,10H,(H2,9,12,13). The number of anilines is 1. The molecule has 0 radical (unpaired) electrons. The van der Waals surface area contributed by atoms with Crippen molar-refractivity contribution in [1.29, 1.82) is 0 Å². The second kappa shape index (κ2) is 3.86. The number of hydrogen-bond donors (Lipinski definition) is 2. The van der Waals surface area contributed by atoms with Gasteiger partial charge in [-0.15, -0.1) is 9.71 Å². The van der Waals surface area contributed by atoms with E-state index in [9.17, 15) is 17.4 Å². The lowest BCUT2D eigenvalue weighted by molar-refractivity contribution is 0.215. The van der Waals surface area contributed by atoms with Crippen molar-refractivity contribution in [1.82, 2.24) is 5.65 Å². The summed E-state index contributed by atoms with van der Waals surface area (Å²) in [6.45, 7) is 0. The van der Waals surface area contributed by atoms with E-state index in [0.29, 0.717) is 0 Å². The van der Waals surface area contributed by atoms with Gasteiger partial charge in [0, 0.05) is 0 Å². The molecule has 0 aliphatic carbocycles. The summed E-state index contributed by atoms with van der Waals surface area (Å²) in [5, 5.41) is 4.38. The van der Waals surface area contributed by atoms with Crippen LogP contribution in [0.2, 0.25) is 0 Å². The largest absolute Gasteiger partial charge is 0.238 e. The van der Waals surface area contributed by atoms with Crippen LogP contribution in [0.25, 0.3) is 0 Å². The maximum atomic E-state index is 12.5. The van der Waals surface area contributed by atoms with Crippen molar-refractivity contribution in [2.75, 3.05) is 5.23 Å². The van der Waals surface area contributed by atoms with Gasteiger partial charge in [0.1, 0.15) is 0 Å². The number of primary sulfonamides is 1. The first-order valence-corrected chi connectivity index (χ1v) is 4.95. The van der Waals surface area contributed by atoms with E-state index in [1.807, 2.05) is 0 Å². The second-order valence-corrected chi connectivity index (χ2v) is 3.97. The average Bonchev–Trinajstić information content (AvgIpc) is 2.15. The smallest absolute Gasteiger partial charge is 0.225 e. The molecule has 0 aromatic heterocycles. The first-order chi connectivity index (χ1) is 6.45. The molecule has 5 nitrogen and oxygen atoms in total. The van der Waals surface area contributed by atoms with Gasteiger partial charge in [-0.25, -0.2) is 13.6 Å². The second-order valence-electron chi connectivity index (χ2n) is 2.40. The minimum Gasteiger partial charge on any atom is -0.225 e. The lowest BCUT2D eigenvalue weighted by atomic mass is 10.3. The van der Waals surface area contributed by atoms with E-state index < -0.39 is 15.3 Å². The Bertz CT molecular complexity index is 406. The Labute approximate surface area is 79.0 Å². The summed E-state index contributed by atoms with van der Waals surface area (Å²) in [5.74, 6) is 0. The number of hydrogen-bond acceptors (Lipinski definition) is 4. The fourth-order valence-corrected chi connectivity index (χ4v) is 1.33. The van der Waals surface area contributed by atoms with Crippen LogP contribution in [0.15, 0.2) is 29.2 Å². The molecule has 0 aliphatic rings. The third-order valence-corrected chi connectivity index (χ3v) is 2.40. The summed E-state index contributed by atoms with van der Waals surface area (Å²) in [4.78, 5) is -0.173. The molecular formula is C6H7F2N3O2S. The molecule has 1 rings (SSSR count). The number of benzene rings is 1. The highest BCUT2D eigenvalue weighted by Gasteiger charge is 2.09. The molecule has 1 aromatic carbocycles. The minimum absolute atomic E-state index is 0.173. The third-order valence-electron chi connectivity index (χ3n) is 1.47. The van der Waals surface area contributed by atoms with Crippen LogP contribution in [0.1, 0.15) is 0 Å². The van der Waals surface area contributed by atoms with Crippen molar-refractivity contribution >= 4 is 15.7 Å². The van der Waals surface area contributed by atoms with Crippen molar-refractivity contribution < 1.29 is 17.4 Å². The first-order valence-electron chi connectivity index (χ1n) is 3.40. The Morgan fingerprint density at radius 1 is 1.29 bits per heavy atom. The molecule has 0 unspecified atom stereocenters. The molecule has 0 atom stereocenters. The molecule has 0 heterocycles. The molecule has 0 spiro atoms. The Morgan fingerprint density at radius 3 is 2.14 bits per heavy atom. The molecule has 0 bridgehead atoms. The predicted octanol–water partition coefficient (Wildman–Crippen LogP) is 0.414. The van der Waals surface area contributed by atoms with Gasteiger partial charge in [0.2, 0.25) is 10.0 Å². The molecular weight excluding hydrogens is 216 g/mol. The van der Waals surface area contributed by atoms with Crippen molar-refractivity contribution in [3.8, 4) is 0 Å². The van der Waals surface area contributed by atoms with E-state index in [1.54, 1.807) is 0 Å². The van der Waals surface area contributed by atoms with E-state index >= 15 is 0 Å². The van der Waals surface area contributed by atoms with E-state index in [2.05, 4.69) is 0 Å². The highest BCUT2D eigenvalue weighted by Crippen LogP contribution is 2.15. The van der Waals surface area contributed by atoms with E-state index in [4.69, 9.17) is 5.14 Å². The normalized spacial score (nSPS) is 11.4. The third kappa shape index (κ3) is 2.37. The molecule has 0 amide bonds. The topological polar surface area (TPSA) is 75.4 Å². The minimum atomic E-state index is -3.81. The lowest BCUT2D eigenvalue weighted by Gasteiger charge is -2.08. The van der Waals surface area contributed by atoms with Crippen molar-refractivity contribution in [3.05, 3.63) is 24.3 Å². The van der Waals surface area contributed by atoms with Crippen molar-refractivity contribution in [2.24, 2.45) is 5.14 Å². The summed E-state index contributed by atoms with van der Waals surface area (Å²) in [6.07, 6.45) is 0. The van der Waals surface area contributed by atoms with Crippen molar-refractivity contribution in [2.45, 2.75) is 4.90 Å². The number of nitrogens with zero attached hydrogens (tertiary/aromatic N) is 1. The summed E-state index contributed by atoms with van der Waals surface area (Å²) in [7, 11) is -3.81. The zero-order valence-electron chi connectivity index (χ0n) is 6.81. The Kier molecular flexibility index (Phi) is 2.99. The zero-order valence-corrected chi connectivity index (χ0v) is 7.63. The lowest BCUT2D eigenvalue weighted by Crippen LogP contribution is -2.22. The van der Waals surface area contributed by atoms with Crippen LogP contribution in [0.4, 0.5) is 14.6 Å². The average molecular weight is 223 g/mol. The summed E-state index contributed by atoms with van der Waals surface area (Å²) >= 11 is 0. The Hall–Kier alpha value is -1.25. The molecule has 0 saturated heterocycles. The van der Waals surface area contributed by atoms with Gasteiger partial charge in [0.25, 0.3) is 0 Å². The summed E-state index contributed by atoms with van der Waals surface area (Å²) in [5.41, 5.74) is 0.545. The van der Waals surface area contributed by atoms with Gasteiger partial charge >= 0.3 is 0 Å². The SMILES string of the molecule is NS(=O)(=O)c1ccc(N(F)NF)cc1. The molecule has 78 valence electrons. The quantitative estimate of drug-likeness (QED) is 0.575. The first kappa shape index (κ1) is 10.8. The highest BCUT2D eigenvalue weighted by atomic mass is 32.2. The van der Waals surface area contributed by atoms with Crippen molar-refractivity contribution in [3.63, 3.8) is 0 Å². The van der Waals surface area contributed by atoms with Gasteiger partial charge in [-0.3, -0.25) is 0 Å². The van der Waals surface area contributed by atoms with E-state index in [1.165, 1.54) is 0 Å². The van der Waals surface area contributed by atoms with Gasteiger partial charge in [0.15, 0.2) is 0 Å². The summed E-state index contributed by atoms with van der Waals surface area (Å²) < 4.78 is 45.6. The molecule has 0 aliphatic heterocycles. The van der Waals surface area contributed by atoms with Crippen LogP contribution in [-0.4, -0.2) is 8.42 Å². The number of halogens is 2. The number of rotatable bonds is 3. The van der Waals surface area contributed by atoms with Gasteiger partial charge in [0.05, 0.1) is 10.6 Å². The highest BCUT2D eigenvalue weighted by molar-refractivity contribution is 7.89. The number of hydrazine groups is 1. The van der Waals surface area contributed by atoms with Crippen LogP contribution in [0.3, 0.4) is 0 Å². The van der Waals surface area contributed by atoms with Gasteiger partial charge in [-0.2, -0.15) is 0 Å². The van der Waals surface area contributed by atoms with Crippen LogP contribution >= 0.6 is 0 Å². The molecule has 0 saturated carbocycles.